The van der Waals surface area contributed by atoms with Crippen molar-refractivity contribution in [2.45, 2.75) is 6.17 Å². The Bertz CT molecular complexity index is 1060. The molecule has 0 bridgehead atoms. The number of hydrogen-bond donors (Lipinski definition) is 2. The highest BCUT2D eigenvalue weighted by Crippen LogP contribution is 2.41. The molecule has 0 saturated heterocycles. The fraction of sp³-hybridized carbons (Fsp3) is 0.0500. The zero-order valence-corrected chi connectivity index (χ0v) is 13.0. The number of rotatable bonds is 1. The Labute approximate surface area is 139 Å². The first-order valence-corrected chi connectivity index (χ1v) is 8.00. The molecule has 1 aromatic heterocycles. The molecule has 24 heavy (non-hydrogen) atoms. The SMILES string of the molecule is Nc1ccccc1[C@H]1Nc2ccccc2-c2nc3ccccc3n21. The summed E-state index contributed by atoms with van der Waals surface area (Å²) in [5, 5.41) is 3.63. The van der Waals surface area contributed by atoms with Gasteiger partial charge in [-0.1, -0.05) is 42.5 Å². The van der Waals surface area contributed by atoms with Crippen LogP contribution < -0.4 is 11.1 Å². The van der Waals surface area contributed by atoms with E-state index >= 15 is 0 Å². The number of fused-ring (bicyclic) bond motifs is 5. The topological polar surface area (TPSA) is 55.9 Å². The zero-order valence-electron chi connectivity index (χ0n) is 13.0. The van der Waals surface area contributed by atoms with Gasteiger partial charge in [0.15, 0.2) is 0 Å². The van der Waals surface area contributed by atoms with Gasteiger partial charge in [0.05, 0.1) is 11.0 Å². The lowest BCUT2D eigenvalue weighted by Gasteiger charge is -2.31. The second-order valence-corrected chi connectivity index (χ2v) is 6.02. The quantitative estimate of drug-likeness (QED) is 0.516. The largest absolute Gasteiger partial charge is 0.398 e. The van der Waals surface area contributed by atoms with Crippen LogP contribution in [0, 0.1) is 0 Å². The van der Waals surface area contributed by atoms with E-state index in [2.05, 4.69) is 40.2 Å². The number of hydrogen-bond acceptors (Lipinski definition) is 3. The van der Waals surface area contributed by atoms with Crippen molar-refractivity contribution in [2.75, 3.05) is 11.1 Å². The first kappa shape index (κ1) is 13.2. The maximum absolute atomic E-state index is 6.27. The summed E-state index contributed by atoms with van der Waals surface area (Å²) in [5.41, 5.74) is 12.4. The number of nitrogens with one attached hydrogen (secondary N) is 1. The van der Waals surface area contributed by atoms with Gasteiger partial charge < -0.3 is 11.1 Å². The fourth-order valence-corrected chi connectivity index (χ4v) is 3.49. The minimum absolute atomic E-state index is 0.0801. The number of para-hydroxylation sites is 4. The van der Waals surface area contributed by atoms with Crippen molar-refractivity contribution >= 4 is 22.4 Å². The Balaban J connectivity index is 1.86. The van der Waals surface area contributed by atoms with Gasteiger partial charge >= 0.3 is 0 Å². The fourth-order valence-electron chi connectivity index (χ4n) is 3.49. The highest BCUT2D eigenvalue weighted by molar-refractivity contribution is 5.87. The number of aromatic nitrogens is 2. The third-order valence-corrected chi connectivity index (χ3v) is 4.60. The smallest absolute Gasteiger partial charge is 0.145 e. The van der Waals surface area contributed by atoms with Crippen LogP contribution >= 0.6 is 0 Å². The standard InChI is InChI=1S/C20H16N4/c21-15-9-3-1-7-13(15)19-22-16-10-4-2-8-14(16)20-23-17-11-5-6-12-18(17)24(19)20/h1-12,19,22H,21H2/t19-/m0/s1. The second kappa shape index (κ2) is 4.86. The molecular weight excluding hydrogens is 296 g/mol. The second-order valence-electron chi connectivity index (χ2n) is 6.02. The molecule has 1 aliphatic heterocycles. The molecule has 0 saturated carbocycles. The summed E-state index contributed by atoms with van der Waals surface area (Å²) in [5.74, 6) is 0.971. The minimum Gasteiger partial charge on any atom is -0.398 e. The Hall–Kier alpha value is -3.27. The Morgan fingerprint density at radius 2 is 1.62 bits per heavy atom. The van der Waals surface area contributed by atoms with Crippen LogP contribution in [0.15, 0.2) is 72.8 Å². The van der Waals surface area contributed by atoms with Crippen LogP contribution in [0.2, 0.25) is 0 Å². The van der Waals surface area contributed by atoms with Crippen LogP contribution in [0.25, 0.3) is 22.4 Å². The van der Waals surface area contributed by atoms with E-state index in [1.165, 1.54) is 0 Å². The van der Waals surface area contributed by atoms with E-state index in [-0.39, 0.29) is 6.17 Å². The Kier molecular flexibility index (Phi) is 2.67. The highest BCUT2D eigenvalue weighted by atomic mass is 15.2. The van der Waals surface area contributed by atoms with E-state index in [4.69, 9.17) is 10.7 Å². The van der Waals surface area contributed by atoms with E-state index in [1.54, 1.807) is 0 Å². The van der Waals surface area contributed by atoms with Crippen LogP contribution in [-0.2, 0) is 0 Å². The number of benzene rings is 3. The molecule has 0 spiro atoms. The van der Waals surface area contributed by atoms with Crippen LogP contribution in [0.4, 0.5) is 11.4 Å². The molecule has 0 radical (unpaired) electrons. The Morgan fingerprint density at radius 1 is 0.875 bits per heavy atom. The molecule has 1 atom stereocenters. The maximum Gasteiger partial charge on any atom is 0.145 e. The average Bonchev–Trinajstić information content (AvgIpc) is 3.01. The number of anilines is 2. The van der Waals surface area contributed by atoms with Crippen molar-refractivity contribution in [1.82, 2.24) is 9.55 Å². The maximum atomic E-state index is 6.27. The minimum atomic E-state index is -0.0801. The molecule has 3 aromatic carbocycles. The van der Waals surface area contributed by atoms with Crippen LogP contribution in [-0.4, -0.2) is 9.55 Å². The normalized spacial score (nSPS) is 15.6. The Morgan fingerprint density at radius 3 is 2.54 bits per heavy atom. The molecule has 0 aliphatic carbocycles. The van der Waals surface area contributed by atoms with Crippen LogP contribution in [0.3, 0.4) is 0 Å². The summed E-state index contributed by atoms with van der Waals surface area (Å²) >= 11 is 0. The van der Waals surface area contributed by atoms with Gasteiger partial charge in [0.25, 0.3) is 0 Å². The monoisotopic (exact) mass is 312 g/mol. The lowest BCUT2D eigenvalue weighted by molar-refractivity contribution is 0.671. The van der Waals surface area contributed by atoms with Gasteiger partial charge in [0, 0.05) is 22.5 Å². The van der Waals surface area contributed by atoms with E-state index in [0.717, 1.165) is 39.4 Å². The van der Waals surface area contributed by atoms with Crippen LogP contribution in [0.1, 0.15) is 11.7 Å². The predicted octanol–water partition coefficient (Wildman–Crippen LogP) is 4.26. The number of nitrogens with two attached hydrogens (primary N) is 1. The van der Waals surface area contributed by atoms with Gasteiger partial charge in [-0.05, 0) is 30.3 Å². The van der Waals surface area contributed by atoms with Gasteiger partial charge in [-0.15, -0.1) is 0 Å². The van der Waals surface area contributed by atoms with Gasteiger partial charge in [-0.3, -0.25) is 4.57 Å². The van der Waals surface area contributed by atoms with E-state index < -0.39 is 0 Å². The summed E-state index contributed by atoms with van der Waals surface area (Å²) in [7, 11) is 0. The van der Waals surface area contributed by atoms with Crippen molar-refractivity contribution in [1.29, 1.82) is 0 Å². The van der Waals surface area contributed by atoms with Crippen LogP contribution in [0.5, 0.6) is 0 Å². The summed E-state index contributed by atoms with van der Waals surface area (Å²) in [4.78, 5) is 4.88. The number of imidazole rings is 1. The molecule has 2 heterocycles. The van der Waals surface area contributed by atoms with Crippen molar-refractivity contribution < 1.29 is 0 Å². The number of nitrogen functional groups attached to an aromatic ring is 1. The van der Waals surface area contributed by atoms with Crippen molar-refractivity contribution in [3.05, 3.63) is 78.4 Å². The molecule has 0 fully saturated rings. The summed E-state index contributed by atoms with van der Waals surface area (Å²) in [6, 6.07) is 24.5. The average molecular weight is 312 g/mol. The first-order valence-electron chi connectivity index (χ1n) is 8.00. The number of nitrogens with zero attached hydrogens (tertiary/aromatic N) is 2. The first-order chi connectivity index (χ1) is 11.8. The van der Waals surface area contributed by atoms with Crippen molar-refractivity contribution in [2.24, 2.45) is 0 Å². The predicted molar refractivity (Wildman–Crippen MR) is 97.8 cm³/mol. The summed E-state index contributed by atoms with van der Waals surface area (Å²) in [6.45, 7) is 0. The summed E-state index contributed by atoms with van der Waals surface area (Å²) < 4.78 is 2.24. The molecule has 4 aromatic rings. The highest BCUT2D eigenvalue weighted by Gasteiger charge is 2.28. The molecule has 116 valence electrons. The van der Waals surface area contributed by atoms with E-state index in [0.29, 0.717) is 0 Å². The van der Waals surface area contributed by atoms with E-state index in [1.807, 2.05) is 42.5 Å². The van der Waals surface area contributed by atoms with Crippen molar-refractivity contribution in [3.63, 3.8) is 0 Å². The third-order valence-electron chi connectivity index (χ3n) is 4.60. The molecule has 5 rings (SSSR count). The molecule has 4 nitrogen and oxygen atoms in total. The van der Waals surface area contributed by atoms with Gasteiger partial charge in [0.2, 0.25) is 0 Å². The van der Waals surface area contributed by atoms with Crippen molar-refractivity contribution in [3.8, 4) is 11.4 Å². The van der Waals surface area contributed by atoms with Gasteiger partial charge in [-0.2, -0.15) is 0 Å². The van der Waals surface area contributed by atoms with Gasteiger partial charge in [0.1, 0.15) is 12.0 Å². The molecule has 0 amide bonds. The van der Waals surface area contributed by atoms with Gasteiger partial charge in [-0.25, -0.2) is 4.98 Å². The molecule has 1 aliphatic rings. The zero-order chi connectivity index (χ0) is 16.1. The lowest BCUT2D eigenvalue weighted by Crippen LogP contribution is -2.25. The molecule has 3 N–H and O–H groups in total. The third kappa shape index (κ3) is 1.77. The summed E-state index contributed by atoms with van der Waals surface area (Å²) in [6.07, 6.45) is -0.0801. The lowest BCUT2D eigenvalue weighted by atomic mass is 10.0. The molecule has 4 heteroatoms. The molecule has 0 unspecified atom stereocenters. The molecular formula is C20H16N4. The van der Waals surface area contributed by atoms with E-state index in [9.17, 15) is 0 Å².